The van der Waals surface area contributed by atoms with Crippen molar-refractivity contribution in [3.05, 3.63) is 53.0 Å². The van der Waals surface area contributed by atoms with Gasteiger partial charge in [-0.1, -0.05) is 33.8 Å². The van der Waals surface area contributed by atoms with Gasteiger partial charge in [-0.05, 0) is 42.5 Å². The summed E-state index contributed by atoms with van der Waals surface area (Å²) in [6.07, 6.45) is 0. The van der Waals surface area contributed by atoms with Crippen LogP contribution in [0.4, 0.5) is 5.69 Å². The maximum absolute atomic E-state index is 10.9. The van der Waals surface area contributed by atoms with Crippen LogP contribution in [0.5, 0.6) is 0 Å². The lowest BCUT2D eigenvalue weighted by Gasteiger charge is -2.05. The van der Waals surface area contributed by atoms with E-state index in [4.69, 9.17) is 0 Å². The molecular formula is C14H12BrNOS. The maximum Gasteiger partial charge on any atom is 0.221 e. The van der Waals surface area contributed by atoms with Crippen LogP contribution in [-0.4, -0.2) is 5.91 Å². The van der Waals surface area contributed by atoms with E-state index < -0.39 is 0 Å². The van der Waals surface area contributed by atoms with Crippen molar-refractivity contribution in [2.45, 2.75) is 16.7 Å². The molecule has 4 heteroatoms. The van der Waals surface area contributed by atoms with Gasteiger partial charge in [0.2, 0.25) is 5.91 Å². The van der Waals surface area contributed by atoms with Crippen LogP contribution >= 0.6 is 27.7 Å². The first-order valence-electron chi connectivity index (χ1n) is 5.44. The third-order valence-corrected chi connectivity index (χ3v) is 3.70. The SMILES string of the molecule is CC(=O)Nc1ccc(Sc2cccc(Br)c2)cc1. The van der Waals surface area contributed by atoms with Gasteiger partial charge in [0.05, 0.1) is 0 Å². The zero-order valence-corrected chi connectivity index (χ0v) is 12.2. The number of benzene rings is 2. The van der Waals surface area contributed by atoms with Crippen LogP contribution in [0.15, 0.2) is 62.8 Å². The van der Waals surface area contributed by atoms with Gasteiger partial charge < -0.3 is 5.32 Å². The van der Waals surface area contributed by atoms with Crippen molar-refractivity contribution in [3.8, 4) is 0 Å². The van der Waals surface area contributed by atoms with Gasteiger partial charge in [0.1, 0.15) is 0 Å². The van der Waals surface area contributed by atoms with E-state index in [0.29, 0.717) is 0 Å². The Balaban J connectivity index is 2.08. The average Bonchev–Trinajstić information content (AvgIpc) is 2.31. The Labute approximate surface area is 119 Å². The lowest BCUT2D eigenvalue weighted by Crippen LogP contribution is -2.05. The summed E-state index contributed by atoms with van der Waals surface area (Å²) in [5, 5.41) is 2.75. The first-order chi connectivity index (χ1) is 8.63. The quantitative estimate of drug-likeness (QED) is 0.897. The van der Waals surface area contributed by atoms with E-state index in [9.17, 15) is 4.79 Å². The fraction of sp³-hybridized carbons (Fsp3) is 0.0714. The normalized spacial score (nSPS) is 10.1. The number of halogens is 1. The Kier molecular flexibility index (Phi) is 4.44. The second-order valence-electron chi connectivity index (χ2n) is 3.77. The van der Waals surface area contributed by atoms with Crippen molar-refractivity contribution in [1.82, 2.24) is 0 Å². The smallest absolute Gasteiger partial charge is 0.221 e. The van der Waals surface area contributed by atoms with Crippen LogP contribution in [0.1, 0.15) is 6.92 Å². The molecule has 18 heavy (non-hydrogen) atoms. The van der Waals surface area contributed by atoms with Crippen LogP contribution in [0.25, 0.3) is 0 Å². The highest BCUT2D eigenvalue weighted by Crippen LogP contribution is 2.30. The molecule has 0 heterocycles. The van der Waals surface area contributed by atoms with Crippen molar-refractivity contribution < 1.29 is 4.79 Å². The van der Waals surface area contributed by atoms with Crippen molar-refractivity contribution in [2.24, 2.45) is 0 Å². The van der Waals surface area contributed by atoms with E-state index in [1.54, 1.807) is 11.8 Å². The molecule has 2 aromatic carbocycles. The fourth-order valence-corrected chi connectivity index (χ4v) is 2.90. The number of hydrogen-bond acceptors (Lipinski definition) is 2. The second kappa shape index (κ2) is 6.07. The van der Waals surface area contributed by atoms with Gasteiger partial charge in [0.15, 0.2) is 0 Å². The molecule has 0 unspecified atom stereocenters. The van der Waals surface area contributed by atoms with Crippen molar-refractivity contribution in [1.29, 1.82) is 0 Å². The number of hydrogen-bond donors (Lipinski definition) is 1. The lowest BCUT2D eigenvalue weighted by molar-refractivity contribution is -0.114. The van der Waals surface area contributed by atoms with E-state index in [2.05, 4.69) is 33.4 Å². The fourth-order valence-electron chi connectivity index (χ4n) is 1.48. The first kappa shape index (κ1) is 13.2. The summed E-state index contributed by atoms with van der Waals surface area (Å²) in [6, 6.07) is 16.0. The minimum Gasteiger partial charge on any atom is -0.326 e. The van der Waals surface area contributed by atoms with Crippen LogP contribution in [0, 0.1) is 0 Å². The van der Waals surface area contributed by atoms with Crippen molar-refractivity contribution >= 4 is 39.3 Å². The Bertz CT molecular complexity index is 554. The van der Waals surface area contributed by atoms with E-state index in [1.165, 1.54) is 11.8 Å². The zero-order chi connectivity index (χ0) is 13.0. The number of carbonyl (C=O) groups is 1. The molecule has 0 aliphatic rings. The summed E-state index contributed by atoms with van der Waals surface area (Å²) >= 11 is 5.14. The standard InChI is InChI=1S/C14H12BrNOS/c1-10(17)16-12-5-7-13(8-6-12)18-14-4-2-3-11(15)9-14/h2-9H,1H3,(H,16,17). The molecule has 0 bridgehead atoms. The van der Waals surface area contributed by atoms with Gasteiger partial charge in [0.25, 0.3) is 0 Å². The molecule has 2 rings (SSSR count). The van der Waals surface area contributed by atoms with Gasteiger partial charge in [0, 0.05) is 26.9 Å². The number of carbonyl (C=O) groups excluding carboxylic acids is 1. The molecular weight excluding hydrogens is 310 g/mol. The average molecular weight is 322 g/mol. The molecule has 2 nitrogen and oxygen atoms in total. The van der Waals surface area contributed by atoms with E-state index in [0.717, 1.165) is 15.1 Å². The first-order valence-corrected chi connectivity index (χ1v) is 7.05. The third kappa shape index (κ3) is 3.89. The van der Waals surface area contributed by atoms with Gasteiger partial charge in [-0.3, -0.25) is 4.79 Å². The second-order valence-corrected chi connectivity index (χ2v) is 5.83. The minimum absolute atomic E-state index is 0.0533. The monoisotopic (exact) mass is 321 g/mol. The maximum atomic E-state index is 10.9. The van der Waals surface area contributed by atoms with Crippen LogP contribution in [0.2, 0.25) is 0 Å². The van der Waals surface area contributed by atoms with Crippen LogP contribution in [-0.2, 0) is 4.79 Å². The Morgan fingerprint density at radius 1 is 1.11 bits per heavy atom. The molecule has 0 fully saturated rings. The van der Waals surface area contributed by atoms with Crippen LogP contribution in [0.3, 0.4) is 0 Å². The molecule has 0 spiro atoms. The van der Waals surface area contributed by atoms with E-state index in [1.807, 2.05) is 36.4 Å². The summed E-state index contributed by atoms with van der Waals surface area (Å²) in [4.78, 5) is 13.2. The summed E-state index contributed by atoms with van der Waals surface area (Å²) in [5.41, 5.74) is 0.820. The molecule has 0 saturated heterocycles. The largest absolute Gasteiger partial charge is 0.326 e. The number of anilines is 1. The Morgan fingerprint density at radius 2 is 1.83 bits per heavy atom. The number of amides is 1. The zero-order valence-electron chi connectivity index (χ0n) is 9.81. The van der Waals surface area contributed by atoms with Crippen LogP contribution < -0.4 is 5.32 Å². The highest BCUT2D eigenvalue weighted by atomic mass is 79.9. The predicted molar refractivity (Wildman–Crippen MR) is 79.0 cm³/mol. The Hall–Kier alpha value is -1.26. The molecule has 0 radical (unpaired) electrons. The molecule has 0 aliphatic carbocycles. The topological polar surface area (TPSA) is 29.1 Å². The molecule has 0 saturated carbocycles. The highest BCUT2D eigenvalue weighted by Gasteiger charge is 1.99. The van der Waals surface area contributed by atoms with E-state index in [-0.39, 0.29) is 5.91 Å². The number of rotatable bonds is 3. The molecule has 92 valence electrons. The number of nitrogens with one attached hydrogen (secondary N) is 1. The van der Waals surface area contributed by atoms with Gasteiger partial charge >= 0.3 is 0 Å². The Morgan fingerprint density at radius 3 is 2.44 bits per heavy atom. The third-order valence-electron chi connectivity index (χ3n) is 2.21. The predicted octanol–water partition coefficient (Wildman–Crippen LogP) is 4.56. The molecule has 1 amide bonds. The van der Waals surface area contributed by atoms with Crippen molar-refractivity contribution in [3.63, 3.8) is 0 Å². The summed E-state index contributed by atoms with van der Waals surface area (Å²) in [5.74, 6) is -0.0533. The summed E-state index contributed by atoms with van der Waals surface area (Å²) in [7, 11) is 0. The highest BCUT2D eigenvalue weighted by molar-refractivity contribution is 9.10. The van der Waals surface area contributed by atoms with Crippen molar-refractivity contribution in [2.75, 3.05) is 5.32 Å². The molecule has 0 aromatic heterocycles. The molecule has 1 N–H and O–H groups in total. The molecule has 2 aromatic rings. The minimum atomic E-state index is -0.0533. The lowest BCUT2D eigenvalue weighted by atomic mass is 10.3. The van der Waals surface area contributed by atoms with E-state index >= 15 is 0 Å². The van der Waals surface area contributed by atoms with Gasteiger partial charge in [-0.15, -0.1) is 0 Å². The van der Waals surface area contributed by atoms with Gasteiger partial charge in [-0.2, -0.15) is 0 Å². The molecule has 0 aliphatic heterocycles. The summed E-state index contributed by atoms with van der Waals surface area (Å²) < 4.78 is 1.07. The van der Waals surface area contributed by atoms with Gasteiger partial charge in [-0.25, -0.2) is 0 Å². The summed E-state index contributed by atoms with van der Waals surface area (Å²) in [6.45, 7) is 1.50. The molecule has 0 atom stereocenters.